The summed E-state index contributed by atoms with van der Waals surface area (Å²) in [6.45, 7) is 0. The van der Waals surface area contributed by atoms with Crippen LogP contribution in [0.25, 0.3) is 0 Å². The van der Waals surface area contributed by atoms with E-state index in [4.69, 9.17) is 17.2 Å². The van der Waals surface area contributed by atoms with Crippen molar-refractivity contribution < 1.29 is 9.59 Å². The topological polar surface area (TPSA) is 151 Å². The van der Waals surface area contributed by atoms with E-state index < -0.39 is 11.8 Å². The van der Waals surface area contributed by atoms with Crippen molar-refractivity contribution in [3.63, 3.8) is 0 Å². The summed E-state index contributed by atoms with van der Waals surface area (Å²) in [7, 11) is 0. The van der Waals surface area contributed by atoms with Crippen LogP contribution >= 0.6 is 0 Å². The number of carbonyl (C=O) groups excluding carboxylic acids is 2. The van der Waals surface area contributed by atoms with Crippen molar-refractivity contribution in [1.82, 2.24) is 15.0 Å². The van der Waals surface area contributed by atoms with E-state index in [2.05, 4.69) is 15.0 Å². The normalized spacial score (nSPS) is 9.54. The molecule has 68 valence electrons. The fraction of sp³-hybridized carbons (Fsp3) is 0. The van der Waals surface area contributed by atoms with Crippen LogP contribution in [0.1, 0.15) is 21.2 Å². The molecule has 1 heterocycles. The van der Waals surface area contributed by atoms with Crippen LogP contribution in [-0.4, -0.2) is 26.8 Å². The molecule has 0 aliphatic heterocycles. The summed E-state index contributed by atoms with van der Waals surface area (Å²) in [6.07, 6.45) is 0. The SMILES string of the molecule is NC(=O)c1nc(N)nc(C(N)=O)n1. The number of nitrogens with two attached hydrogens (primary N) is 3. The number of hydrogen-bond donors (Lipinski definition) is 3. The van der Waals surface area contributed by atoms with Crippen LogP contribution in [0.4, 0.5) is 5.95 Å². The van der Waals surface area contributed by atoms with Gasteiger partial charge >= 0.3 is 0 Å². The molecule has 0 saturated heterocycles. The Morgan fingerprint density at radius 3 is 1.62 bits per heavy atom. The minimum atomic E-state index is -0.906. The predicted molar refractivity (Wildman–Crippen MR) is 41.3 cm³/mol. The highest BCUT2D eigenvalue weighted by molar-refractivity contribution is 5.92. The second-order valence-corrected chi connectivity index (χ2v) is 2.07. The molecule has 0 spiro atoms. The van der Waals surface area contributed by atoms with Crippen LogP contribution < -0.4 is 17.2 Å². The van der Waals surface area contributed by atoms with Gasteiger partial charge in [-0.2, -0.15) is 15.0 Å². The first-order valence-corrected chi connectivity index (χ1v) is 3.12. The summed E-state index contributed by atoms with van der Waals surface area (Å²) in [6, 6.07) is 0. The number of amides is 2. The number of nitrogen functional groups attached to an aromatic ring is 1. The number of rotatable bonds is 2. The number of primary amides is 2. The predicted octanol–water partition coefficient (Wildman–Crippen LogP) is -2.35. The Morgan fingerprint density at radius 2 is 1.31 bits per heavy atom. The van der Waals surface area contributed by atoms with Gasteiger partial charge in [0, 0.05) is 0 Å². The van der Waals surface area contributed by atoms with Gasteiger partial charge in [-0.05, 0) is 0 Å². The van der Waals surface area contributed by atoms with Gasteiger partial charge in [0.2, 0.25) is 17.6 Å². The fourth-order valence-corrected chi connectivity index (χ4v) is 0.613. The van der Waals surface area contributed by atoms with Crippen LogP contribution in [0.15, 0.2) is 0 Å². The van der Waals surface area contributed by atoms with Gasteiger partial charge in [-0.15, -0.1) is 0 Å². The maximum absolute atomic E-state index is 10.6. The third-order valence-corrected chi connectivity index (χ3v) is 1.09. The average Bonchev–Trinajstić information content (AvgIpc) is 2.03. The number of carbonyl (C=O) groups is 2. The van der Waals surface area contributed by atoms with Crippen molar-refractivity contribution in [3.8, 4) is 0 Å². The molecule has 6 N–H and O–H groups in total. The quantitative estimate of drug-likeness (QED) is 0.465. The van der Waals surface area contributed by atoms with Gasteiger partial charge in [0.15, 0.2) is 0 Å². The molecule has 0 radical (unpaired) electrons. The highest BCUT2D eigenvalue weighted by Crippen LogP contribution is 1.95. The molecule has 8 nitrogen and oxygen atoms in total. The van der Waals surface area contributed by atoms with E-state index >= 15 is 0 Å². The largest absolute Gasteiger partial charge is 0.368 e. The van der Waals surface area contributed by atoms with E-state index in [-0.39, 0.29) is 17.6 Å². The lowest BCUT2D eigenvalue weighted by atomic mass is 10.5. The van der Waals surface area contributed by atoms with Crippen molar-refractivity contribution in [2.75, 3.05) is 5.73 Å². The maximum atomic E-state index is 10.6. The molecule has 0 bridgehead atoms. The summed E-state index contributed by atoms with van der Waals surface area (Å²) >= 11 is 0. The zero-order chi connectivity index (χ0) is 10.0. The summed E-state index contributed by atoms with van der Waals surface area (Å²) in [5.74, 6) is -2.87. The Kier molecular flexibility index (Phi) is 2.05. The molecule has 1 rings (SSSR count). The molecule has 0 unspecified atom stereocenters. The first-order chi connectivity index (χ1) is 6.00. The Hall–Kier alpha value is -2.25. The number of anilines is 1. The van der Waals surface area contributed by atoms with E-state index in [1.165, 1.54) is 0 Å². The van der Waals surface area contributed by atoms with Gasteiger partial charge in [0.1, 0.15) is 0 Å². The van der Waals surface area contributed by atoms with E-state index in [0.29, 0.717) is 0 Å². The highest BCUT2D eigenvalue weighted by atomic mass is 16.2. The Labute approximate surface area is 72.2 Å². The number of nitrogens with zero attached hydrogens (tertiary/aromatic N) is 3. The van der Waals surface area contributed by atoms with Crippen molar-refractivity contribution in [3.05, 3.63) is 11.6 Å². The zero-order valence-electron chi connectivity index (χ0n) is 6.39. The van der Waals surface area contributed by atoms with Gasteiger partial charge in [0.25, 0.3) is 11.8 Å². The average molecular weight is 182 g/mol. The smallest absolute Gasteiger partial charge is 0.286 e. The third-order valence-electron chi connectivity index (χ3n) is 1.09. The third kappa shape index (κ3) is 1.86. The summed E-state index contributed by atoms with van der Waals surface area (Å²) < 4.78 is 0. The summed E-state index contributed by atoms with van der Waals surface area (Å²) in [5, 5.41) is 0. The zero-order valence-corrected chi connectivity index (χ0v) is 6.39. The van der Waals surface area contributed by atoms with Crippen molar-refractivity contribution in [1.29, 1.82) is 0 Å². The van der Waals surface area contributed by atoms with Crippen LogP contribution in [0.5, 0.6) is 0 Å². The van der Waals surface area contributed by atoms with Gasteiger partial charge in [-0.25, -0.2) is 0 Å². The number of aromatic nitrogens is 3. The van der Waals surface area contributed by atoms with Gasteiger partial charge in [-0.3, -0.25) is 9.59 Å². The lowest BCUT2D eigenvalue weighted by Gasteiger charge is -1.97. The molecule has 2 amide bonds. The highest BCUT2D eigenvalue weighted by Gasteiger charge is 2.12. The molecule has 8 heteroatoms. The molecule has 0 fully saturated rings. The molecule has 0 aromatic carbocycles. The van der Waals surface area contributed by atoms with Crippen molar-refractivity contribution >= 4 is 17.8 Å². The second kappa shape index (κ2) is 3.01. The first kappa shape index (κ1) is 8.84. The standard InChI is InChI=1S/C5H6N6O2/c6-1(12)3-9-4(2(7)13)11-5(8)10-3/h(H2,6,12)(H2,7,13)(H2,8,9,10,11). The maximum Gasteiger partial charge on any atom is 0.286 e. The molecule has 0 atom stereocenters. The molecule has 0 aliphatic carbocycles. The fourth-order valence-electron chi connectivity index (χ4n) is 0.613. The lowest BCUT2D eigenvalue weighted by Crippen LogP contribution is -2.23. The van der Waals surface area contributed by atoms with E-state index in [9.17, 15) is 9.59 Å². The van der Waals surface area contributed by atoms with E-state index in [1.807, 2.05) is 0 Å². The van der Waals surface area contributed by atoms with Crippen LogP contribution in [0.3, 0.4) is 0 Å². The number of hydrogen-bond acceptors (Lipinski definition) is 6. The van der Waals surface area contributed by atoms with E-state index in [1.54, 1.807) is 0 Å². The minimum absolute atomic E-state index is 0.280. The summed E-state index contributed by atoms with van der Waals surface area (Å²) in [4.78, 5) is 31.3. The van der Waals surface area contributed by atoms with Crippen molar-refractivity contribution in [2.45, 2.75) is 0 Å². The van der Waals surface area contributed by atoms with E-state index in [0.717, 1.165) is 0 Å². The first-order valence-electron chi connectivity index (χ1n) is 3.12. The Balaban J connectivity index is 3.26. The van der Waals surface area contributed by atoms with Gasteiger partial charge in [0.05, 0.1) is 0 Å². The Bertz CT molecular complexity index is 343. The van der Waals surface area contributed by atoms with Gasteiger partial charge < -0.3 is 17.2 Å². The Morgan fingerprint density at radius 1 is 0.923 bits per heavy atom. The van der Waals surface area contributed by atoms with Gasteiger partial charge in [-0.1, -0.05) is 0 Å². The van der Waals surface area contributed by atoms with Crippen LogP contribution in [0, 0.1) is 0 Å². The van der Waals surface area contributed by atoms with Crippen LogP contribution in [0.2, 0.25) is 0 Å². The molecule has 13 heavy (non-hydrogen) atoms. The lowest BCUT2D eigenvalue weighted by molar-refractivity contribution is 0.0984. The molecular formula is C5H6N6O2. The molecule has 1 aromatic heterocycles. The summed E-state index contributed by atoms with van der Waals surface area (Å²) in [5.41, 5.74) is 14.9. The molecule has 0 aliphatic rings. The molecule has 1 aromatic rings. The monoisotopic (exact) mass is 182 g/mol. The van der Waals surface area contributed by atoms with Crippen LogP contribution in [-0.2, 0) is 0 Å². The molecular weight excluding hydrogens is 176 g/mol. The molecule has 0 saturated carbocycles. The second-order valence-electron chi connectivity index (χ2n) is 2.07. The van der Waals surface area contributed by atoms with Crippen molar-refractivity contribution in [2.24, 2.45) is 11.5 Å². The minimum Gasteiger partial charge on any atom is -0.368 e.